The highest BCUT2D eigenvalue weighted by molar-refractivity contribution is 5.95. The van der Waals surface area contributed by atoms with Gasteiger partial charge < -0.3 is 15.4 Å². The molecular formula is C8H14N2O3. The Morgan fingerprint density at radius 2 is 2.23 bits per heavy atom. The third kappa shape index (κ3) is 3.02. The van der Waals surface area contributed by atoms with Gasteiger partial charge in [0.15, 0.2) is 0 Å². The third-order valence-electron chi connectivity index (χ3n) is 1.94. The molecule has 0 spiro atoms. The summed E-state index contributed by atoms with van der Waals surface area (Å²) in [5.74, 6) is -0.450. The molecule has 1 rings (SSSR count). The fourth-order valence-corrected chi connectivity index (χ4v) is 1.23. The number of rotatable bonds is 5. The number of ether oxygens (including phenoxy) is 1. The van der Waals surface area contributed by atoms with E-state index >= 15 is 0 Å². The van der Waals surface area contributed by atoms with Crippen molar-refractivity contribution in [3.05, 3.63) is 0 Å². The lowest BCUT2D eigenvalue weighted by Gasteiger charge is -2.04. The van der Waals surface area contributed by atoms with Crippen LogP contribution in [0.25, 0.3) is 0 Å². The highest BCUT2D eigenvalue weighted by Crippen LogP contribution is 2.07. The van der Waals surface area contributed by atoms with Crippen LogP contribution in [0.5, 0.6) is 0 Å². The Hall–Kier alpha value is -1.10. The molecule has 5 nitrogen and oxygen atoms in total. The molecule has 13 heavy (non-hydrogen) atoms. The van der Waals surface area contributed by atoms with E-state index in [0.717, 1.165) is 19.4 Å². The molecule has 1 fully saturated rings. The van der Waals surface area contributed by atoms with Crippen LogP contribution < -0.4 is 10.6 Å². The molecule has 1 saturated heterocycles. The van der Waals surface area contributed by atoms with Crippen molar-refractivity contribution >= 4 is 12.1 Å². The number of carbonyl (C=O) groups excluding carboxylic acids is 2. The van der Waals surface area contributed by atoms with Crippen LogP contribution in [0.2, 0.25) is 0 Å². The number of cyclic esters (lactones) is 2. The second-order valence-electron chi connectivity index (χ2n) is 3.00. The first-order chi connectivity index (χ1) is 6.24. The standard InChI is InChI=1S/C8H14N2O3/c1-9-5-3-2-4-6-7(11)13-8(12)10-6/h6,9H,2-5H2,1H3,(H,10,12). The van der Waals surface area contributed by atoms with Crippen molar-refractivity contribution in [3.63, 3.8) is 0 Å². The Kier molecular flexibility index (Phi) is 3.70. The fraction of sp³-hybridized carbons (Fsp3) is 0.750. The molecule has 0 saturated carbocycles. The van der Waals surface area contributed by atoms with E-state index in [9.17, 15) is 9.59 Å². The van der Waals surface area contributed by atoms with E-state index in [2.05, 4.69) is 15.4 Å². The lowest BCUT2D eigenvalue weighted by molar-refractivity contribution is -0.135. The zero-order valence-corrected chi connectivity index (χ0v) is 7.63. The van der Waals surface area contributed by atoms with Crippen molar-refractivity contribution in [1.29, 1.82) is 0 Å². The molecular weight excluding hydrogens is 172 g/mol. The van der Waals surface area contributed by atoms with Crippen LogP contribution in [-0.2, 0) is 9.53 Å². The van der Waals surface area contributed by atoms with Crippen LogP contribution in [0.1, 0.15) is 19.3 Å². The zero-order chi connectivity index (χ0) is 9.68. The van der Waals surface area contributed by atoms with Gasteiger partial charge in [0, 0.05) is 0 Å². The summed E-state index contributed by atoms with van der Waals surface area (Å²) >= 11 is 0. The maximum Gasteiger partial charge on any atom is 0.415 e. The van der Waals surface area contributed by atoms with Crippen molar-refractivity contribution in [2.45, 2.75) is 25.3 Å². The van der Waals surface area contributed by atoms with Gasteiger partial charge in [-0.3, -0.25) is 0 Å². The number of carbonyl (C=O) groups is 2. The van der Waals surface area contributed by atoms with Crippen molar-refractivity contribution in [1.82, 2.24) is 10.6 Å². The van der Waals surface area contributed by atoms with Gasteiger partial charge in [-0.15, -0.1) is 0 Å². The molecule has 1 atom stereocenters. The van der Waals surface area contributed by atoms with Gasteiger partial charge in [0.2, 0.25) is 0 Å². The quantitative estimate of drug-likeness (QED) is 0.360. The number of amides is 1. The molecule has 0 bridgehead atoms. The van der Waals surface area contributed by atoms with E-state index in [0.29, 0.717) is 6.42 Å². The molecule has 1 aliphatic heterocycles. The minimum Gasteiger partial charge on any atom is -0.375 e. The zero-order valence-electron chi connectivity index (χ0n) is 7.63. The van der Waals surface area contributed by atoms with Crippen molar-refractivity contribution in [2.75, 3.05) is 13.6 Å². The smallest absolute Gasteiger partial charge is 0.375 e. The van der Waals surface area contributed by atoms with Crippen molar-refractivity contribution in [3.8, 4) is 0 Å². The van der Waals surface area contributed by atoms with Crippen LogP contribution in [0.4, 0.5) is 4.79 Å². The first kappa shape index (κ1) is 9.98. The van der Waals surface area contributed by atoms with Crippen molar-refractivity contribution < 1.29 is 14.3 Å². The molecule has 2 N–H and O–H groups in total. The van der Waals surface area contributed by atoms with E-state index < -0.39 is 18.1 Å². The minimum atomic E-state index is -0.622. The van der Waals surface area contributed by atoms with Gasteiger partial charge in [-0.1, -0.05) is 0 Å². The molecule has 1 aliphatic rings. The van der Waals surface area contributed by atoms with Crippen LogP contribution in [0.3, 0.4) is 0 Å². The molecule has 1 heterocycles. The second kappa shape index (κ2) is 4.81. The summed E-state index contributed by atoms with van der Waals surface area (Å²) in [5.41, 5.74) is 0. The molecule has 0 aromatic heterocycles. The number of hydrogen-bond donors (Lipinski definition) is 2. The molecule has 0 aromatic rings. The molecule has 1 unspecified atom stereocenters. The monoisotopic (exact) mass is 186 g/mol. The van der Waals surface area contributed by atoms with E-state index in [-0.39, 0.29) is 0 Å². The molecule has 0 aromatic carbocycles. The SMILES string of the molecule is CNCCCCC1NC(=O)OC1=O. The Labute approximate surface area is 76.8 Å². The molecule has 1 amide bonds. The van der Waals surface area contributed by atoms with Crippen LogP contribution in [-0.4, -0.2) is 31.7 Å². The molecule has 74 valence electrons. The summed E-state index contributed by atoms with van der Waals surface area (Å²) < 4.78 is 4.33. The van der Waals surface area contributed by atoms with E-state index in [4.69, 9.17) is 0 Å². The van der Waals surface area contributed by atoms with E-state index in [1.807, 2.05) is 7.05 Å². The third-order valence-corrected chi connectivity index (χ3v) is 1.94. The van der Waals surface area contributed by atoms with Gasteiger partial charge in [-0.25, -0.2) is 9.59 Å². The van der Waals surface area contributed by atoms with Gasteiger partial charge in [-0.2, -0.15) is 0 Å². The van der Waals surface area contributed by atoms with Crippen LogP contribution >= 0.6 is 0 Å². The topological polar surface area (TPSA) is 67.4 Å². The summed E-state index contributed by atoms with van der Waals surface area (Å²) in [6, 6.07) is -0.427. The number of alkyl carbamates (subject to hydrolysis) is 1. The lowest BCUT2D eigenvalue weighted by atomic mass is 10.1. The maximum atomic E-state index is 10.9. The highest BCUT2D eigenvalue weighted by Gasteiger charge is 2.31. The number of nitrogens with one attached hydrogen (secondary N) is 2. The van der Waals surface area contributed by atoms with Crippen molar-refractivity contribution in [2.24, 2.45) is 0 Å². The predicted octanol–water partition coefficient (Wildman–Crippen LogP) is 0.0111. The second-order valence-corrected chi connectivity index (χ2v) is 3.00. The van der Waals surface area contributed by atoms with Crippen LogP contribution in [0, 0.1) is 0 Å². The average molecular weight is 186 g/mol. The summed E-state index contributed by atoms with van der Waals surface area (Å²) in [6.07, 6.45) is 1.94. The average Bonchev–Trinajstić information content (AvgIpc) is 2.39. The number of esters is 1. The van der Waals surface area contributed by atoms with Gasteiger partial charge in [0.25, 0.3) is 0 Å². The molecule has 5 heteroatoms. The Bertz CT molecular complexity index is 206. The highest BCUT2D eigenvalue weighted by atomic mass is 16.6. The number of hydrogen-bond acceptors (Lipinski definition) is 4. The van der Waals surface area contributed by atoms with E-state index in [1.165, 1.54) is 0 Å². The summed E-state index contributed by atoms with van der Waals surface area (Å²) in [4.78, 5) is 21.5. The Balaban J connectivity index is 2.14. The Morgan fingerprint density at radius 1 is 1.46 bits per heavy atom. The fourth-order valence-electron chi connectivity index (χ4n) is 1.23. The largest absolute Gasteiger partial charge is 0.415 e. The first-order valence-corrected chi connectivity index (χ1v) is 4.41. The predicted molar refractivity (Wildman–Crippen MR) is 46.2 cm³/mol. The molecule has 0 aliphatic carbocycles. The molecule has 0 radical (unpaired) electrons. The number of unbranched alkanes of at least 4 members (excludes halogenated alkanes) is 1. The van der Waals surface area contributed by atoms with Gasteiger partial charge in [0.1, 0.15) is 6.04 Å². The van der Waals surface area contributed by atoms with Crippen LogP contribution in [0.15, 0.2) is 0 Å². The summed E-state index contributed by atoms with van der Waals surface area (Å²) in [7, 11) is 1.88. The minimum absolute atomic E-state index is 0.427. The van der Waals surface area contributed by atoms with Gasteiger partial charge in [0.05, 0.1) is 0 Å². The van der Waals surface area contributed by atoms with Gasteiger partial charge in [-0.05, 0) is 32.9 Å². The van der Waals surface area contributed by atoms with Gasteiger partial charge >= 0.3 is 12.1 Å². The Morgan fingerprint density at radius 3 is 2.77 bits per heavy atom. The summed E-state index contributed by atoms with van der Waals surface area (Å²) in [5, 5.41) is 5.46. The lowest BCUT2D eigenvalue weighted by Crippen LogP contribution is -2.28. The summed E-state index contributed by atoms with van der Waals surface area (Å²) in [6.45, 7) is 0.926. The van der Waals surface area contributed by atoms with E-state index in [1.54, 1.807) is 0 Å². The maximum absolute atomic E-state index is 10.9. The first-order valence-electron chi connectivity index (χ1n) is 4.41. The normalized spacial score (nSPS) is 21.5.